The van der Waals surface area contributed by atoms with Gasteiger partial charge in [-0.15, -0.1) is 0 Å². The van der Waals surface area contributed by atoms with Crippen molar-refractivity contribution >= 4 is 5.69 Å². The van der Waals surface area contributed by atoms with Crippen LogP contribution in [0.2, 0.25) is 0 Å². The molecule has 0 aromatic heterocycles. The summed E-state index contributed by atoms with van der Waals surface area (Å²) in [7, 11) is 0. The standard InChI is InChI=1S/C13H16F3NO/c1-12(18,13(14,15)16)8-17-11-4-2-3-10(7-11)9-5-6-9/h2-4,7,9,17-18H,5-6,8H2,1H3. The Morgan fingerprint density at radius 2 is 2.00 bits per heavy atom. The number of halogens is 3. The Labute approximate surface area is 104 Å². The van der Waals surface area contributed by atoms with E-state index in [-0.39, 0.29) is 0 Å². The first-order chi connectivity index (χ1) is 8.29. The van der Waals surface area contributed by atoms with E-state index in [2.05, 4.69) is 5.32 Å². The number of nitrogens with one attached hydrogen (secondary N) is 1. The summed E-state index contributed by atoms with van der Waals surface area (Å²) >= 11 is 0. The van der Waals surface area contributed by atoms with Gasteiger partial charge in [-0.05, 0) is 43.4 Å². The number of anilines is 1. The molecule has 1 atom stereocenters. The molecule has 1 aromatic rings. The minimum Gasteiger partial charge on any atom is -0.382 e. The summed E-state index contributed by atoms with van der Waals surface area (Å²) in [5.41, 5.74) is -0.960. The van der Waals surface area contributed by atoms with E-state index in [1.54, 1.807) is 6.07 Å². The van der Waals surface area contributed by atoms with Crippen molar-refractivity contribution in [1.29, 1.82) is 0 Å². The van der Waals surface area contributed by atoms with Crippen LogP contribution in [0.15, 0.2) is 24.3 Å². The van der Waals surface area contributed by atoms with Crippen LogP contribution in [0.3, 0.4) is 0 Å². The van der Waals surface area contributed by atoms with Gasteiger partial charge in [-0.25, -0.2) is 0 Å². The van der Waals surface area contributed by atoms with Crippen LogP contribution in [-0.2, 0) is 0 Å². The van der Waals surface area contributed by atoms with Crippen LogP contribution in [0.4, 0.5) is 18.9 Å². The Kier molecular flexibility index (Phi) is 3.27. The smallest absolute Gasteiger partial charge is 0.382 e. The van der Waals surface area contributed by atoms with Crippen molar-refractivity contribution in [2.24, 2.45) is 0 Å². The Morgan fingerprint density at radius 1 is 1.33 bits per heavy atom. The Balaban J connectivity index is 1.99. The number of alkyl halides is 3. The first-order valence-corrected chi connectivity index (χ1v) is 5.92. The van der Waals surface area contributed by atoms with Crippen molar-refractivity contribution in [2.75, 3.05) is 11.9 Å². The molecule has 1 fully saturated rings. The van der Waals surface area contributed by atoms with Gasteiger partial charge in [-0.3, -0.25) is 0 Å². The Morgan fingerprint density at radius 3 is 2.56 bits per heavy atom. The molecule has 1 unspecified atom stereocenters. The maximum atomic E-state index is 12.5. The number of hydrogen-bond donors (Lipinski definition) is 2. The number of hydrogen-bond acceptors (Lipinski definition) is 2. The van der Waals surface area contributed by atoms with Gasteiger partial charge in [0.05, 0.1) is 6.54 Å². The van der Waals surface area contributed by atoms with Gasteiger partial charge < -0.3 is 10.4 Å². The highest BCUT2D eigenvalue weighted by atomic mass is 19.4. The summed E-state index contributed by atoms with van der Waals surface area (Å²) in [4.78, 5) is 0. The lowest BCUT2D eigenvalue weighted by Crippen LogP contribution is -2.47. The minimum absolute atomic E-state index is 0.551. The van der Waals surface area contributed by atoms with Crippen LogP contribution in [0.5, 0.6) is 0 Å². The second-order valence-electron chi connectivity index (χ2n) is 5.02. The third kappa shape index (κ3) is 2.96. The molecule has 2 N–H and O–H groups in total. The lowest BCUT2D eigenvalue weighted by Gasteiger charge is -2.26. The molecular weight excluding hydrogens is 243 g/mol. The van der Waals surface area contributed by atoms with Crippen LogP contribution < -0.4 is 5.32 Å². The van der Waals surface area contributed by atoms with Crippen LogP contribution in [0.1, 0.15) is 31.2 Å². The summed E-state index contributed by atoms with van der Waals surface area (Å²) in [6.45, 7) is 0.218. The fraction of sp³-hybridized carbons (Fsp3) is 0.538. The molecule has 1 aliphatic rings. The molecule has 0 spiro atoms. The largest absolute Gasteiger partial charge is 0.418 e. The van der Waals surface area contributed by atoms with Gasteiger partial charge in [-0.1, -0.05) is 12.1 Å². The molecule has 0 aliphatic heterocycles. The van der Waals surface area contributed by atoms with Gasteiger partial charge in [-0.2, -0.15) is 13.2 Å². The van der Waals surface area contributed by atoms with Gasteiger partial charge in [0, 0.05) is 5.69 Å². The second-order valence-corrected chi connectivity index (χ2v) is 5.02. The topological polar surface area (TPSA) is 32.3 Å². The summed E-state index contributed by atoms with van der Waals surface area (Å²) in [6, 6.07) is 7.35. The van der Waals surface area contributed by atoms with E-state index in [4.69, 9.17) is 0 Å². The molecule has 2 nitrogen and oxygen atoms in total. The van der Waals surface area contributed by atoms with Crippen LogP contribution in [0, 0.1) is 0 Å². The number of benzene rings is 1. The zero-order valence-electron chi connectivity index (χ0n) is 10.1. The van der Waals surface area contributed by atoms with Crippen molar-refractivity contribution in [3.63, 3.8) is 0 Å². The number of rotatable bonds is 4. The zero-order chi connectivity index (χ0) is 13.4. The minimum atomic E-state index is -4.63. The van der Waals surface area contributed by atoms with E-state index in [1.165, 1.54) is 0 Å². The lowest BCUT2D eigenvalue weighted by atomic mass is 10.1. The molecule has 1 aliphatic carbocycles. The maximum absolute atomic E-state index is 12.5. The van der Waals surface area contributed by atoms with Gasteiger partial charge >= 0.3 is 6.18 Å². The van der Waals surface area contributed by atoms with Crippen molar-refractivity contribution < 1.29 is 18.3 Å². The molecule has 0 heterocycles. The Bertz CT molecular complexity index is 424. The van der Waals surface area contributed by atoms with Crippen LogP contribution in [0.25, 0.3) is 0 Å². The molecule has 100 valence electrons. The van der Waals surface area contributed by atoms with E-state index in [1.807, 2.05) is 18.2 Å². The van der Waals surface area contributed by atoms with Crippen molar-refractivity contribution in [3.05, 3.63) is 29.8 Å². The summed E-state index contributed by atoms with van der Waals surface area (Å²) in [5, 5.41) is 12.0. The SMILES string of the molecule is CC(O)(CNc1cccc(C2CC2)c1)C(F)(F)F. The zero-order valence-corrected chi connectivity index (χ0v) is 10.1. The van der Waals surface area contributed by atoms with E-state index in [0.29, 0.717) is 11.6 Å². The van der Waals surface area contributed by atoms with E-state index in [9.17, 15) is 18.3 Å². The second kappa shape index (κ2) is 4.46. The molecule has 2 rings (SSSR count). The van der Waals surface area contributed by atoms with Gasteiger partial charge in [0.1, 0.15) is 0 Å². The first-order valence-electron chi connectivity index (χ1n) is 5.92. The molecule has 1 saturated carbocycles. The average molecular weight is 259 g/mol. The summed E-state index contributed by atoms with van der Waals surface area (Å²) < 4.78 is 37.4. The van der Waals surface area contributed by atoms with Gasteiger partial charge in [0.15, 0.2) is 5.60 Å². The first kappa shape index (κ1) is 13.2. The highest BCUT2D eigenvalue weighted by molar-refractivity contribution is 5.47. The van der Waals surface area contributed by atoms with E-state index >= 15 is 0 Å². The molecular formula is C13H16F3NO. The van der Waals surface area contributed by atoms with Crippen LogP contribution in [-0.4, -0.2) is 23.4 Å². The van der Waals surface area contributed by atoms with Crippen LogP contribution >= 0.6 is 0 Å². The van der Waals surface area contributed by atoms with E-state index in [0.717, 1.165) is 25.3 Å². The molecule has 0 bridgehead atoms. The van der Waals surface area contributed by atoms with Gasteiger partial charge in [0.2, 0.25) is 0 Å². The lowest BCUT2D eigenvalue weighted by molar-refractivity contribution is -0.246. The highest BCUT2D eigenvalue weighted by Gasteiger charge is 2.49. The fourth-order valence-electron chi connectivity index (χ4n) is 1.69. The molecule has 0 amide bonds. The fourth-order valence-corrected chi connectivity index (χ4v) is 1.69. The molecule has 0 radical (unpaired) electrons. The summed E-state index contributed by atoms with van der Waals surface area (Å²) in [6.07, 6.45) is -2.35. The normalized spacial score (nSPS) is 19.4. The van der Waals surface area contributed by atoms with E-state index < -0.39 is 18.3 Å². The Hall–Kier alpha value is -1.23. The third-order valence-electron chi connectivity index (χ3n) is 3.18. The molecule has 1 aromatic carbocycles. The monoisotopic (exact) mass is 259 g/mol. The third-order valence-corrected chi connectivity index (χ3v) is 3.18. The molecule has 0 saturated heterocycles. The molecule has 18 heavy (non-hydrogen) atoms. The summed E-state index contributed by atoms with van der Waals surface area (Å²) in [5.74, 6) is 0.551. The average Bonchev–Trinajstić information content (AvgIpc) is 3.09. The van der Waals surface area contributed by atoms with Crippen molar-refractivity contribution in [1.82, 2.24) is 0 Å². The molecule has 5 heteroatoms. The predicted octanol–water partition coefficient (Wildman–Crippen LogP) is 3.29. The number of aliphatic hydroxyl groups is 1. The van der Waals surface area contributed by atoms with Gasteiger partial charge in [0.25, 0.3) is 0 Å². The quantitative estimate of drug-likeness (QED) is 0.869. The predicted molar refractivity (Wildman–Crippen MR) is 63.6 cm³/mol. The van der Waals surface area contributed by atoms with Crippen molar-refractivity contribution in [2.45, 2.75) is 37.5 Å². The van der Waals surface area contributed by atoms with Crippen molar-refractivity contribution in [3.8, 4) is 0 Å². The maximum Gasteiger partial charge on any atom is 0.418 e. The highest BCUT2D eigenvalue weighted by Crippen LogP contribution is 2.40.